The molecule has 0 bridgehead atoms. The lowest BCUT2D eigenvalue weighted by atomic mass is 10.2. The Kier molecular flexibility index (Phi) is 6.14. The van der Waals surface area contributed by atoms with Crippen molar-refractivity contribution in [3.63, 3.8) is 0 Å². The van der Waals surface area contributed by atoms with E-state index in [1.54, 1.807) is 18.4 Å². The van der Waals surface area contributed by atoms with Crippen molar-refractivity contribution < 1.29 is 9.53 Å². The number of benzene rings is 2. The van der Waals surface area contributed by atoms with Crippen LogP contribution in [0.25, 0.3) is 16.9 Å². The average molecular weight is 461 g/mol. The van der Waals surface area contributed by atoms with Crippen LogP contribution in [-0.4, -0.2) is 69.0 Å². The molecule has 0 spiro atoms. The Morgan fingerprint density at radius 1 is 1.03 bits per heavy atom. The number of para-hydroxylation sites is 1. The number of aromatic nitrogens is 4. The van der Waals surface area contributed by atoms with Gasteiger partial charge in [-0.2, -0.15) is 9.90 Å². The molecule has 0 N–H and O–H groups in total. The first-order valence-electron chi connectivity index (χ1n) is 10.8. The van der Waals surface area contributed by atoms with Gasteiger partial charge in [0.15, 0.2) is 5.69 Å². The monoisotopic (exact) mass is 460 g/mol. The Morgan fingerprint density at radius 3 is 2.52 bits per heavy atom. The molecule has 9 heteroatoms. The first kappa shape index (κ1) is 21.3. The third-order valence-corrected chi connectivity index (χ3v) is 6.49. The number of hydrogen-bond donors (Lipinski definition) is 0. The van der Waals surface area contributed by atoms with E-state index in [1.165, 1.54) is 11.0 Å². The molecule has 2 aromatic heterocycles. The highest BCUT2D eigenvalue weighted by Crippen LogP contribution is 2.25. The lowest BCUT2D eigenvalue weighted by Gasteiger charge is -2.33. The first-order chi connectivity index (χ1) is 16.2. The SMILES string of the molecule is COc1ccc(-c2csc(CN3CCN(C(=O)c4cnn(-c5ccccc5)n4)CC3)n2)cc1. The molecule has 1 aliphatic heterocycles. The van der Waals surface area contributed by atoms with E-state index in [1.807, 2.05) is 59.5 Å². The quantitative estimate of drug-likeness (QED) is 0.439. The molecule has 2 aromatic carbocycles. The third-order valence-electron chi connectivity index (χ3n) is 5.65. The Hall–Kier alpha value is -3.56. The van der Waals surface area contributed by atoms with Crippen LogP contribution < -0.4 is 4.74 Å². The van der Waals surface area contributed by atoms with E-state index < -0.39 is 0 Å². The standard InChI is InChI=1S/C24H24N6O2S/c1-32-20-9-7-18(8-10-20)22-17-33-23(26-22)16-28-11-13-29(14-12-28)24(31)21-15-25-30(27-21)19-5-3-2-4-6-19/h2-10,15,17H,11-14,16H2,1H3. The van der Waals surface area contributed by atoms with Crippen LogP contribution in [0.5, 0.6) is 5.75 Å². The predicted molar refractivity (Wildman–Crippen MR) is 127 cm³/mol. The van der Waals surface area contributed by atoms with Crippen molar-refractivity contribution in [3.8, 4) is 22.7 Å². The summed E-state index contributed by atoms with van der Waals surface area (Å²) in [6.45, 7) is 3.71. The lowest BCUT2D eigenvalue weighted by Crippen LogP contribution is -2.48. The van der Waals surface area contributed by atoms with Gasteiger partial charge in [-0.3, -0.25) is 9.69 Å². The van der Waals surface area contributed by atoms with Gasteiger partial charge in [0, 0.05) is 37.1 Å². The van der Waals surface area contributed by atoms with Crippen LogP contribution in [0.1, 0.15) is 15.5 Å². The molecule has 1 aliphatic rings. The maximum atomic E-state index is 12.9. The molecule has 1 fully saturated rings. The fourth-order valence-corrected chi connectivity index (χ4v) is 4.63. The zero-order chi connectivity index (χ0) is 22.6. The molecule has 3 heterocycles. The van der Waals surface area contributed by atoms with Crippen molar-refractivity contribution in [2.45, 2.75) is 6.54 Å². The normalized spacial score (nSPS) is 14.4. The minimum atomic E-state index is -0.0760. The largest absolute Gasteiger partial charge is 0.497 e. The van der Waals surface area contributed by atoms with Gasteiger partial charge in [0.2, 0.25) is 0 Å². The Morgan fingerprint density at radius 2 is 1.79 bits per heavy atom. The number of nitrogens with zero attached hydrogens (tertiary/aromatic N) is 6. The van der Waals surface area contributed by atoms with Crippen LogP contribution in [0, 0.1) is 0 Å². The molecule has 168 valence electrons. The van der Waals surface area contributed by atoms with E-state index >= 15 is 0 Å². The minimum Gasteiger partial charge on any atom is -0.497 e. The predicted octanol–water partition coefficient (Wildman–Crippen LogP) is 3.36. The summed E-state index contributed by atoms with van der Waals surface area (Å²) < 4.78 is 5.22. The van der Waals surface area contributed by atoms with Crippen LogP contribution in [0.15, 0.2) is 66.2 Å². The number of methoxy groups -OCH3 is 1. The molecule has 0 radical (unpaired) electrons. The molecule has 8 nitrogen and oxygen atoms in total. The molecule has 1 saturated heterocycles. The first-order valence-corrected chi connectivity index (χ1v) is 11.7. The van der Waals surface area contributed by atoms with Crippen molar-refractivity contribution in [2.75, 3.05) is 33.3 Å². The van der Waals surface area contributed by atoms with Crippen molar-refractivity contribution in [3.05, 3.63) is 76.9 Å². The summed E-state index contributed by atoms with van der Waals surface area (Å²) in [5.41, 5.74) is 3.26. The number of amides is 1. The van der Waals surface area contributed by atoms with Gasteiger partial charge in [-0.05, 0) is 36.4 Å². The van der Waals surface area contributed by atoms with Crippen molar-refractivity contribution in [1.29, 1.82) is 0 Å². The second-order valence-electron chi connectivity index (χ2n) is 7.78. The van der Waals surface area contributed by atoms with Crippen LogP contribution in [-0.2, 0) is 6.54 Å². The maximum absolute atomic E-state index is 12.9. The number of piperazine rings is 1. The summed E-state index contributed by atoms with van der Waals surface area (Å²) >= 11 is 1.67. The molecule has 0 unspecified atom stereocenters. The molecule has 33 heavy (non-hydrogen) atoms. The summed E-state index contributed by atoms with van der Waals surface area (Å²) in [6.07, 6.45) is 1.54. The van der Waals surface area contributed by atoms with E-state index in [0.29, 0.717) is 18.8 Å². The number of ether oxygens (including phenoxy) is 1. The number of carbonyl (C=O) groups is 1. The molecule has 4 aromatic rings. The number of hydrogen-bond acceptors (Lipinski definition) is 7. The Bertz CT molecular complexity index is 1210. The van der Waals surface area contributed by atoms with Gasteiger partial charge in [-0.1, -0.05) is 18.2 Å². The zero-order valence-electron chi connectivity index (χ0n) is 18.3. The van der Waals surface area contributed by atoms with E-state index in [-0.39, 0.29) is 5.91 Å². The fourth-order valence-electron chi connectivity index (χ4n) is 3.79. The van der Waals surface area contributed by atoms with Crippen molar-refractivity contribution in [1.82, 2.24) is 29.8 Å². The van der Waals surface area contributed by atoms with Crippen LogP contribution in [0.4, 0.5) is 0 Å². The van der Waals surface area contributed by atoms with Crippen LogP contribution >= 0.6 is 11.3 Å². The Balaban J connectivity index is 1.16. The lowest BCUT2D eigenvalue weighted by molar-refractivity contribution is 0.0622. The number of carbonyl (C=O) groups excluding carboxylic acids is 1. The summed E-state index contributed by atoms with van der Waals surface area (Å²) in [5, 5.41) is 11.8. The number of rotatable bonds is 6. The van der Waals surface area contributed by atoms with Gasteiger partial charge in [-0.25, -0.2) is 4.98 Å². The van der Waals surface area contributed by atoms with E-state index in [9.17, 15) is 4.79 Å². The summed E-state index contributed by atoms with van der Waals surface area (Å²) in [7, 11) is 1.66. The molecule has 0 aliphatic carbocycles. The second-order valence-corrected chi connectivity index (χ2v) is 8.72. The average Bonchev–Trinajstić information content (AvgIpc) is 3.55. The molecule has 1 amide bonds. The summed E-state index contributed by atoms with van der Waals surface area (Å²) in [6, 6.07) is 17.5. The molecule has 5 rings (SSSR count). The van der Waals surface area contributed by atoms with E-state index in [4.69, 9.17) is 9.72 Å². The molecule has 0 atom stereocenters. The van der Waals surface area contributed by atoms with Gasteiger partial charge in [0.1, 0.15) is 10.8 Å². The van der Waals surface area contributed by atoms with Crippen molar-refractivity contribution in [2.24, 2.45) is 0 Å². The second kappa shape index (κ2) is 9.51. The van der Waals surface area contributed by atoms with Gasteiger partial charge >= 0.3 is 0 Å². The van der Waals surface area contributed by atoms with Gasteiger partial charge < -0.3 is 9.64 Å². The summed E-state index contributed by atoms with van der Waals surface area (Å²) in [5.74, 6) is 0.761. The van der Waals surface area contributed by atoms with E-state index in [2.05, 4.69) is 20.5 Å². The third kappa shape index (κ3) is 4.79. The highest BCUT2D eigenvalue weighted by molar-refractivity contribution is 7.09. The smallest absolute Gasteiger partial charge is 0.276 e. The maximum Gasteiger partial charge on any atom is 0.276 e. The molecular formula is C24H24N6O2S. The topological polar surface area (TPSA) is 76.4 Å². The summed E-state index contributed by atoms with van der Waals surface area (Å²) in [4.78, 5) is 23.4. The van der Waals surface area contributed by atoms with Gasteiger partial charge in [-0.15, -0.1) is 16.4 Å². The highest BCUT2D eigenvalue weighted by atomic mass is 32.1. The van der Waals surface area contributed by atoms with Crippen LogP contribution in [0.3, 0.4) is 0 Å². The fraction of sp³-hybridized carbons (Fsp3) is 0.250. The zero-order valence-corrected chi connectivity index (χ0v) is 19.1. The highest BCUT2D eigenvalue weighted by Gasteiger charge is 2.24. The minimum absolute atomic E-state index is 0.0760. The van der Waals surface area contributed by atoms with Gasteiger partial charge in [0.25, 0.3) is 5.91 Å². The Labute approximate surface area is 196 Å². The van der Waals surface area contributed by atoms with Crippen LogP contribution in [0.2, 0.25) is 0 Å². The van der Waals surface area contributed by atoms with Crippen molar-refractivity contribution >= 4 is 17.2 Å². The van der Waals surface area contributed by atoms with Gasteiger partial charge in [0.05, 0.1) is 31.2 Å². The van der Waals surface area contributed by atoms with E-state index in [0.717, 1.165) is 47.3 Å². The molecular weight excluding hydrogens is 436 g/mol. The number of thiazole rings is 1. The molecule has 0 saturated carbocycles.